The van der Waals surface area contributed by atoms with E-state index < -0.39 is 0 Å². The van der Waals surface area contributed by atoms with Crippen molar-refractivity contribution in [2.75, 3.05) is 13.1 Å². The number of rotatable bonds is 4. The van der Waals surface area contributed by atoms with Gasteiger partial charge in [0.05, 0.1) is 0 Å². The molecule has 0 aliphatic carbocycles. The summed E-state index contributed by atoms with van der Waals surface area (Å²) in [5.74, 6) is 0.271. The number of aromatic nitrogens is 1. The lowest BCUT2D eigenvalue weighted by Gasteiger charge is -2.28. The van der Waals surface area contributed by atoms with Crippen LogP contribution >= 0.6 is 11.6 Å². The SMILES string of the molecule is O=C(C[C@@H](c1ccc(Cl)cc1)c1c[nH]c2ccccc12)N1CCCCC1. The van der Waals surface area contributed by atoms with Crippen LogP contribution in [-0.4, -0.2) is 28.9 Å². The minimum Gasteiger partial charge on any atom is -0.361 e. The molecule has 0 bridgehead atoms. The van der Waals surface area contributed by atoms with Crippen molar-refractivity contribution in [3.05, 3.63) is 70.9 Å². The molecule has 1 atom stereocenters. The Morgan fingerprint density at radius 2 is 1.77 bits per heavy atom. The normalized spacial score (nSPS) is 16.0. The second-order valence-electron chi connectivity index (χ2n) is 7.04. The van der Waals surface area contributed by atoms with E-state index in [1.165, 1.54) is 17.4 Å². The Morgan fingerprint density at radius 3 is 2.54 bits per heavy atom. The maximum Gasteiger partial charge on any atom is 0.223 e. The molecule has 4 rings (SSSR count). The molecule has 2 heterocycles. The molecule has 4 heteroatoms. The number of carbonyl (C=O) groups excluding carboxylic acids is 1. The fourth-order valence-corrected chi connectivity index (χ4v) is 4.06. The zero-order valence-electron chi connectivity index (χ0n) is 14.7. The van der Waals surface area contributed by atoms with Gasteiger partial charge in [-0.25, -0.2) is 0 Å². The predicted octanol–water partition coefficient (Wildman–Crippen LogP) is 5.36. The topological polar surface area (TPSA) is 36.1 Å². The molecular formula is C22H23ClN2O. The van der Waals surface area contributed by atoms with Crippen LogP contribution in [-0.2, 0) is 4.79 Å². The number of nitrogens with one attached hydrogen (secondary N) is 1. The van der Waals surface area contributed by atoms with E-state index in [-0.39, 0.29) is 11.8 Å². The summed E-state index contributed by atoms with van der Waals surface area (Å²) in [6.45, 7) is 1.78. The van der Waals surface area contributed by atoms with Crippen LogP contribution in [0.25, 0.3) is 10.9 Å². The number of para-hydroxylation sites is 1. The van der Waals surface area contributed by atoms with Crippen LogP contribution in [0.15, 0.2) is 54.7 Å². The van der Waals surface area contributed by atoms with Crippen LogP contribution in [0.1, 0.15) is 42.7 Å². The summed E-state index contributed by atoms with van der Waals surface area (Å²) >= 11 is 6.08. The van der Waals surface area contributed by atoms with Crippen molar-refractivity contribution < 1.29 is 4.79 Å². The number of halogens is 1. The molecule has 1 amide bonds. The molecule has 0 saturated carbocycles. The smallest absolute Gasteiger partial charge is 0.223 e. The third kappa shape index (κ3) is 3.49. The van der Waals surface area contributed by atoms with Crippen LogP contribution in [0.4, 0.5) is 0 Å². The fourth-order valence-electron chi connectivity index (χ4n) is 3.93. The van der Waals surface area contributed by atoms with Crippen molar-refractivity contribution in [1.82, 2.24) is 9.88 Å². The second-order valence-corrected chi connectivity index (χ2v) is 7.48. The quantitative estimate of drug-likeness (QED) is 0.663. The molecule has 26 heavy (non-hydrogen) atoms. The van der Waals surface area contributed by atoms with E-state index >= 15 is 0 Å². The summed E-state index contributed by atoms with van der Waals surface area (Å²) in [5.41, 5.74) is 3.41. The van der Waals surface area contributed by atoms with E-state index in [9.17, 15) is 4.79 Å². The van der Waals surface area contributed by atoms with E-state index in [0.717, 1.165) is 37.0 Å². The zero-order chi connectivity index (χ0) is 17.9. The summed E-state index contributed by atoms with van der Waals surface area (Å²) < 4.78 is 0. The van der Waals surface area contributed by atoms with Gasteiger partial charge in [-0.15, -0.1) is 0 Å². The molecule has 134 valence electrons. The van der Waals surface area contributed by atoms with Gasteiger partial charge in [0.25, 0.3) is 0 Å². The summed E-state index contributed by atoms with van der Waals surface area (Å²) in [7, 11) is 0. The molecule has 1 aromatic heterocycles. The molecule has 0 unspecified atom stereocenters. The molecular weight excluding hydrogens is 344 g/mol. The first-order valence-corrected chi connectivity index (χ1v) is 9.69. The van der Waals surface area contributed by atoms with Gasteiger partial charge >= 0.3 is 0 Å². The third-order valence-corrected chi connectivity index (χ3v) is 5.61. The number of amides is 1. The number of aromatic amines is 1. The van der Waals surface area contributed by atoms with Crippen molar-refractivity contribution in [3.63, 3.8) is 0 Å². The van der Waals surface area contributed by atoms with Gasteiger partial charge in [0.15, 0.2) is 0 Å². The van der Waals surface area contributed by atoms with Gasteiger partial charge in [0, 0.05) is 47.6 Å². The molecule has 1 N–H and O–H groups in total. The Hall–Kier alpha value is -2.26. The highest BCUT2D eigenvalue weighted by atomic mass is 35.5. The molecule has 1 saturated heterocycles. The van der Waals surface area contributed by atoms with Gasteiger partial charge < -0.3 is 9.88 Å². The van der Waals surface area contributed by atoms with Gasteiger partial charge in [0.1, 0.15) is 0 Å². The largest absolute Gasteiger partial charge is 0.361 e. The monoisotopic (exact) mass is 366 g/mol. The number of nitrogens with zero attached hydrogens (tertiary/aromatic N) is 1. The van der Waals surface area contributed by atoms with Crippen molar-refractivity contribution in [2.24, 2.45) is 0 Å². The summed E-state index contributed by atoms with van der Waals surface area (Å²) in [4.78, 5) is 18.4. The molecule has 1 aliphatic rings. The Labute approximate surface area is 159 Å². The van der Waals surface area contributed by atoms with E-state index in [1.54, 1.807) is 0 Å². The minimum absolute atomic E-state index is 0.0258. The lowest BCUT2D eigenvalue weighted by molar-refractivity contribution is -0.132. The number of fused-ring (bicyclic) bond motifs is 1. The number of H-pyrrole nitrogens is 1. The molecule has 0 spiro atoms. The number of piperidine rings is 1. The number of benzene rings is 2. The van der Waals surface area contributed by atoms with E-state index in [4.69, 9.17) is 11.6 Å². The van der Waals surface area contributed by atoms with Crippen LogP contribution in [0.3, 0.4) is 0 Å². The van der Waals surface area contributed by atoms with Crippen LogP contribution < -0.4 is 0 Å². The number of hydrogen-bond donors (Lipinski definition) is 1. The highest BCUT2D eigenvalue weighted by molar-refractivity contribution is 6.30. The van der Waals surface area contributed by atoms with Gasteiger partial charge in [0.2, 0.25) is 5.91 Å². The van der Waals surface area contributed by atoms with E-state index in [0.29, 0.717) is 11.4 Å². The Bertz CT molecular complexity index is 894. The first kappa shape index (κ1) is 17.2. The highest BCUT2D eigenvalue weighted by Gasteiger charge is 2.25. The maximum absolute atomic E-state index is 13.0. The lowest BCUT2D eigenvalue weighted by atomic mass is 9.87. The van der Waals surface area contributed by atoms with E-state index in [2.05, 4.69) is 17.1 Å². The van der Waals surface area contributed by atoms with Gasteiger partial charge in [-0.2, -0.15) is 0 Å². The molecule has 3 aromatic rings. The average molecular weight is 367 g/mol. The van der Waals surface area contributed by atoms with Crippen molar-refractivity contribution >= 4 is 28.4 Å². The highest BCUT2D eigenvalue weighted by Crippen LogP contribution is 2.34. The number of likely N-dealkylation sites (tertiary alicyclic amines) is 1. The second kappa shape index (κ2) is 7.55. The van der Waals surface area contributed by atoms with E-state index in [1.807, 2.05) is 47.5 Å². The number of carbonyl (C=O) groups is 1. The minimum atomic E-state index is 0.0258. The summed E-state index contributed by atoms with van der Waals surface area (Å²) in [6.07, 6.45) is 6.00. The number of hydrogen-bond acceptors (Lipinski definition) is 1. The van der Waals surface area contributed by atoms with Gasteiger partial charge in [-0.05, 0) is 48.6 Å². The molecule has 3 nitrogen and oxygen atoms in total. The molecule has 1 aliphatic heterocycles. The first-order chi connectivity index (χ1) is 12.7. The zero-order valence-corrected chi connectivity index (χ0v) is 15.5. The molecule has 0 radical (unpaired) electrons. The lowest BCUT2D eigenvalue weighted by Crippen LogP contribution is -2.36. The standard InChI is InChI=1S/C22H23ClN2O/c23-17-10-8-16(9-11-17)19(14-22(26)25-12-4-1-5-13-25)20-15-24-21-7-3-2-6-18(20)21/h2-3,6-11,15,19,24H,1,4-5,12-14H2/t19-/m0/s1. The van der Waals surface area contributed by atoms with Gasteiger partial charge in [-0.3, -0.25) is 4.79 Å². The fraction of sp³-hybridized carbons (Fsp3) is 0.318. The molecule has 1 fully saturated rings. The average Bonchev–Trinajstić information content (AvgIpc) is 3.11. The Kier molecular flexibility index (Phi) is 4.98. The third-order valence-electron chi connectivity index (χ3n) is 5.36. The maximum atomic E-state index is 13.0. The van der Waals surface area contributed by atoms with Crippen LogP contribution in [0, 0.1) is 0 Å². The van der Waals surface area contributed by atoms with Crippen molar-refractivity contribution in [3.8, 4) is 0 Å². The summed E-state index contributed by atoms with van der Waals surface area (Å²) in [6, 6.07) is 16.2. The summed E-state index contributed by atoms with van der Waals surface area (Å²) in [5, 5.41) is 1.90. The van der Waals surface area contributed by atoms with Crippen LogP contribution in [0.2, 0.25) is 5.02 Å². The first-order valence-electron chi connectivity index (χ1n) is 9.31. The Morgan fingerprint density at radius 1 is 1.04 bits per heavy atom. The van der Waals surface area contributed by atoms with Crippen molar-refractivity contribution in [2.45, 2.75) is 31.6 Å². The van der Waals surface area contributed by atoms with Crippen LogP contribution in [0.5, 0.6) is 0 Å². The predicted molar refractivity (Wildman–Crippen MR) is 107 cm³/mol. The molecule has 2 aromatic carbocycles. The Balaban J connectivity index is 1.69. The van der Waals surface area contributed by atoms with Gasteiger partial charge in [-0.1, -0.05) is 41.9 Å². The van der Waals surface area contributed by atoms with Crippen molar-refractivity contribution in [1.29, 1.82) is 0 Å².